The van der Waals surface area contributed by atoms with Gasteiger partial charge in [0.25, 0.3) is 0 Å². The molecule has 0 bridgehead atoms. The number of carbonyl (C=O) groups excluding carboxylic acids is 2. The van der Waals surface area contributed by atoms with Crippen molar-refractivity contribution in [2.45, 2.75) is 82.1 Å². The van der Waals surface area contributed by atoms with E-state index in [1.165, 1.54) is 0 Å². The van der Waals surface area contributed by atoms with Crippen molar-refractivity contribution in [2.24, 2.45) is 10.8 Å². The summed E-state index contributed by atoms with van der Waals surface area (Å²) in [4.78, 5) is 25.5. The largest absolute Gasteiger partial charge is 0.380 e. The van der Waals surface area contributed by atoms with E-state index in [2.05, 4.69) is 19.2 Å². The Morgan fingerprint density at radius 2 is 1.37 bits per heavy atom. The molecule has 0 aliphatic carbocycles. The summed E-state index contributed by atoms with van der Waals surface area (Å²) >= 11 is 0. The van der Waals surface area contributed by atoms with Gasteiger partial charge in [0.1, 0.15) is 5.78 Å². The lowest BCUT2D eigenvalue weighted by Gasteiger charge is -2.30. The van der Waals surface area contributed by atoms with Gasteiger partial charge in [0.2, 0.25) is 5.91 Å². The van der Waals surface area contributed by atoms with E-state index in [-0.39, 0.29) is 22.5 Å². The minimum atomic E-state index is -0.212. The molecule has 0 aromatic rings. The van der Waals surface area contributed by atoms with Gasteiger partial charge in [-0.15, -0.1) is 0 Å². The predicted octanol–water partition coefficient (Wildman–Crippen LogP) is 4.54. The van der Waals surface area contributed by atoms with Crippen molar-refractivity contribution in [1.82, 2.24) is 10.2 Å². The average molecular weight is 389 g/mol. The van der Waals surface area contributed by atoms with Crippen LogP contribution in [0.15, 0.2) is 0 Å². The molecule has 0 rings (SSSR count). The number of nitrogens with one attached hydrogen (secondary N) is 1. The van der Waals surface area contributed by atoms with Gasteiger partial charge in [0.15, 0.2) is 0 Å². The Balaban J connectivity index is -0.00000134. The van der Waals surface area contributed by atoms with Crippen molar-refractivity contribution in [2.75, 3.05) is 39.9 Å². The third kappa shape index (κ3) is 18.2. The van der Waals surface area contributed by atoms with E-state index in [1.54, 1.807) is 6.92 Å². The lowest BCUT2D eigenvalue weighted by molar-refractivity contribution is -0.134. The topological polar surface area (TPSA) is 58.6 Å². The van der Waals surface area contributed by atoms with E-state index in [0.717, 1.165) is 19.6 Å². The number of ketones is 1. The summed E-state index contributed by atoms with van der Waals surface area (Å²) in [6, 6.07) is 0. The van der Waals surface area contributed by atoms with Crippen LogP contribution in [0.2, 0.25) is 0 Å². The zero-order valence-electron chi connectivity index (χ0n) is 20.1. The smallest absolute Gasteiger partial charge is 0.223 e. The molecule has 0 unspecified atom stereocenters. The van der Waals surface area contributed by atoms with Crippen LogP contribution in [0, 0.1) is 10.8 Å². The third-order valence-electron chi connectivity index (χ3n) is 3.71. The average Bonchev–Trinajstić information content (AvgIpc) is 2.57. The molecule has 5 nitrogen and oxygen atoms in total. The first-order chi connectivity index (χ1) is 12.5. The second kappa shape index (κ2) is 17.2. The first kappa shape index (κ1) is 30.8. The van der Waals surface area contributed by atoms with Gasteiger partial charge in [-0.3, -0.25) is 4.79 Å². The number of rotatable bonds is 12. The highest BCUT2D eigenvalue weighted by Crippen LogP contribution is 2.25. The summed E-state index contributed by atoms with van der Waals surface area (Å²) < 4.78 is 5.82. The summed E-state index contributed by atoms with van der Waals surface area (Å²) in [6.07, 6.45) is 0.984. The number of hydrogen-bond acceptors (Lipinski definition) is 4. The molecule has 0 radical (unpaired) electrons. The fraction of sp³-hybridized carbons (Fsp3) is 0.909. The number of likely N-dealkylation sites (N-methyl/N-ethyl adjacent to an activating group) is 2. The van der Waals surface area contributed by atoms with Gasteiger partial charge < -0.3 is 19.7 Å². The summed E-state index contributed by atoms with van der Waals surface area (Å²) in [6.45, 7) is 23.1. The highest BCUT2D eigenvalue weighted by atomic mass is 16.5. The molecule has 0 aromatic heterocycles. The fourth-order valence-corrected chi connectivity index (χ4v) is 2.61. The molecule has 0 saturated carbocycles. The molecular weight excluding hydrogens is 340 g/mol. The van der Waals surface area contributed by atoms with Crippen molar-refractivity contribution in [3.05, 3.63) is 0 Å². The van der Waals surface area contributed by atoms with E-state index >= 15 is 0 Å². The number of hydrogen-bond donors (Lipinski definition) is 1. The number of amides is 1. The van der Waals surface area contributed by atoms with Crippen molar-refractivity contribution < 1.29 is 14.3 Å². The van der Waals surface area contributed by atoms with E-state index in [9.17, 15) is 9.59 Å². The summed E-state index contributed by atoms with van der Waals surface area (Å²) in [7, 11) is 1.89. The molecular formula is C22H48N2O3. The van der Waals surface area contributed by atoms with Gasteiger partial charge >= 0.3 is 0 Å². The molecule has 0 heterocycles. The zero-order valence-corrected chi connectivity index (χ0v) is 20.1. The molecule has 1 amide bonds. The van der Waals surface area contributed by atoms with Crippen molar-refractivity contribution in [1.29, 1.82) is 0 Å². The molecule has 0 saturated heterocycles. The molecule has 0 aliphatic heterocycles. The highest BCUT2D eigenvalue weighted by molar-refractivity contribution is 5.77. The van der Waals surface area contributed by atoms with Crippen LogP contribution in [-0.2, 0) is 14.3 Å². The fourth-order valence-electron chi connectivity index (χ4n) is 2.61. The number of nitrogens with zero attached hydrogens (tertiary/aromatic N) is 1. The van der Waals surface area contributed by atoms with E-state index in [0.29, 0.717) is 26.1 Å². The van der Waals surface area contributed by atoms with Gasteiger partial charge in [0, 0.05) is 32.5 Å². The van der Waals surface area contributed by atoms with Gasteiger partial charge in [-0.1, -0.05) is 55.4 Å². The lowest BCUT2D eigenvalue weighted by atomic mass is 9.87. The Kier molecular flexibility index (Phi) is 19.6. The maximum absolute atomic E-state index is 12.4. The molecule has 0 spiro atoms. The molecule has 0 fully saturated rings. The maximum atomic E-state index is 12.4. The van der Waals surface area contributed by atoms with Crippen molar-refractivity contribution in [3.63, 3.8) is 0 Å². The summed E-state index contributed by atoms with van der Waals surface area (Å²) in [5.41, 5.74) is -0.370. The van der Waals surface area contributed by atoms with Crippen LogP contribution in [0.5, 0.6) is 0 Å². The molecule has 1 N–H and O–H groups in total. The molecule has 164 valence electrons. The summed E-state index contributed by atoms with van der Waals surface area (Å²) in [5, 5.41) is 3.07. The molecule has 0 atom stereocenters. The van der Waals surface area contributed by atoms with Crippen LogP contribution in [0.1, 0.15) is 82.1 Å². The summed E-state index contributed by atoms with van der Waals surface area (Å²) in [5.74, 6) is 0.343. The normalized spacial score (nSPS) is 10.9. The second-order valence-corrected chi connectivity index (χ2v) is 7.95. The standard InChI is InChI=1S/C18H36N2O3.2C2H6/c1-8-20(10-9-19-7)16(22)12-18(5,6)14-23-13-17(3,4)11-15(2)21;2*1-2/h19H,8-14H2,1-7H3;2*1-2H3. The molecule has 0 aromatic carbocycles. The Hall–Kier alpha value is -0.940. The SMILES string of the molecule is CC.CC.CCN(CCNC)C(=O)CC(C)(C)COCC(C)(C)CC(C)=O. The maximum Gasteiger partial charge on any atom is 0.223 e. The Morgan fingerprint density at radius 3 is 1.74 bits per heavy atom. The first-order valence-corrected chi connectivity index (χ1v) is 10.5. The van der Waals surface area contributed by atoms with E-state index in [1.807, 2.05) is 60.4 Å². The Morgan fingerprint density at radius 1 is 0.926 bits per heavy atom. The van der Waals surface area contributed by atoms with Crippen LogP contribution < -0.4 is 5.32 Å². The Bertz CT molecular complexity index is 380. The lowest BCUT2D eigenvalue weighted by Crippen LogP contribution is -2.39. The number of ether oxygens (including phenoxy) is 1. The predicted molar refractivity (Wildman–Crippen MR) is 117 cm³/mol. The third-order valence-corrected chi connectivity index (χ3v) is 3.71. The minimum absolute atomic E-state index is 0.159. The molecule has 27 heavy (non-hydrogen) atoms. The minimum Gasteiger partial charge on any atom is -0.380 e. The van der Waals surface area contributed by atoms with Crippen LogP contribution in [0.25, 0.3) is 0 Å². The van der Waals surface area contributed by atoms with E-state index < -0.39 is 0 Å². The molecule has 0 aliphatic rings. The zero-order chi connectivity index (χ0) is 22.1. The second-order valence-electron chi connectivity index (χ2n) is 7.95. The highest BCUT2D eigenvalue weighted by Gasteiger charge is 2.27. The van der Waals surface area contributed by atoms with Gasteiger partial charge in [0.05, 0.1) is 13.2 Å². The monoisotopic (exact) mass is 388 g/mol. The van der Waals surface area contributed by atoms with Crippen LogP contribution in [-0.4, -0.2) is 56.5 Å². The number of Topliss-reactive ketones (excluding diaryl/α,β-unsaturated/α-hetero) is 1. The van der Waals surface area contributed by atoms with Crippen molar-refractivity contribution in [3.8, 4) is 0 Å². The van der Waals surface area contributed by atoms with Gasteiger partial charge in [-0.25, -0.2) is 0 Å². The van der Waals surface area contributed by atoms with Crippen LogP contribution >= 0.6 is 0 Å². The van der Waals surface area contributed by atoms with Crippen molar-refractivity contribution >= 4 is 11.7 Å². The van der Waals surface area contributed by atoms with Gasteiger partial charge in [-0.2, -0.15) is 0 Å². The quantitative estimate of drug-likeness (QED) is 0.533. The Labute approximate surface area is 169 Å². The first-order valence-electron chi connectivity index (χ1n) is 10.5. The van der Waals surface area contributed by atoms with Crippen LogP contribution in [0.3, 0.4) is 0 Å². The van der Waals surface area contributed by atoms with Gasteiger partial charge in [-0.05, 0) is 31.7 Å². The van der Waals surface area contributed by atoms with Crippen LogP contribution in [0.4, 0.5) is 0 Å². The molecule has 5 heteroatoms. The van der Waals surface area contributed by atoms with E-state index in [4.69, 9.17) is 4.74 Å². The number of carbonyl (C=O) groups is 2.